The zero-order valence-electron chi connectivity index (χ0n) is 13.9. The summed E-state index contributed by atoms with van der Waals surface area (Å²) in [6, 6.07) is 8.26. The van der Waals surface area contributed by atoms with Crippen molar-refractivity contribution in [2.75, 3.05) is 6.54 Å². The largest absolute Gasteiger partial charge is 0.438 e. The van der Waals surface area contributed by atoms with Gasteiger partial charge in [0.15, 0.2) is 5.82 Å². The number of nitrogens with zero attached hydrogens (tertiary/aromatic N) is 1. The maximum atomic E-state index is 13.0. The standard InChI is InChI=1S/C18H23N3O3/c1-13-6-5-7-14(12-13)18(9-3-2-4-10-18)16(22)19-11-8-15-20-17(23)24-21-15/h5-7,12H,2-4,8-11H2,1H3,(H,19,22)(H,20,21,23). The van der Waals surface area contributed by atoms with Gasteiger partial charge < -0.3 is 5.32 Å². The second kappa shape index (κ2) is 7.03. The fraction of sp³-hybridized carbons (Fsp3) is 0.500. The molecule has 6 heteroatoms. The molecule has 0 atom stereocenters. The quantitative estimate of drug-likeness (QED) is 0.880. The SMILES string of the molecule is Cc1cccc(C2(C(=O)NCCc3noc(=O)[nH]3)CCCCC2)c1. The Hall–Kier alpha value is -2.37. The summed E-state index contributed by atoms with van der Waals surface area (Å²) in [5.41, 5.74) is 1.83. The molecule has 1 aromatic carbocycles. The highest BCUT2D eigenvalue weighted by molar-refractivity contribution is 5.88. The van der Waals surface area contributed by atoms with Crippen molar-refractivity contribution in [3.05, 3.63) is 51.8 Å². The molecule has 24 heavy (non-hydrogen) atoms. The highest BCUT2D eigenvalue weighted by Crippen LogP contribution is 2.40. The molecule has 1 aliphatic rings. The van der Waals surface area contributed by atoms with Crippen LogP contribution in [0.1, 0.15) is 49.1 Å². The molecule has 1 fully saturated rings. The lowest BCUT2D eigenvalue weighted by Crippen LogP contribution is -2.46. The van der Waals surface area contributed by atoms with E-state index in [9.17, 15) is 9.59 Å². The maximum Gasteiger partial charge on any atom is 0.438 e. The van der Waals surface area contributed by atoms with Crippen LogP contribution >= 0.6 is 0 Å². The zero-order valence-corrected chi connectivity index (χ0v) is 13.9. The van der Waals surface area contributed by atoms with Crippen LogP contribution in [0.2, 0.25) is 0 Å². The Morgan fingerprint density at radius 3 is 2.79 bits per heavy atom. The molecule has 128 valence electrons. The van der Waals surface area contributed by atoms with Crippen molar-refractivity contribution in [3.63, 3.8) is 0 Å². The van der Waals surface area contributed by atoms with Gasteiger partial charge in [-0.2, -0.15) is 0 Å². The molecule has 0 saturated heterocycles. The number of H-pyrrole nitrogens is 1. The molecule has 2 N–H and O–H groups in total. The van der Waals surface area contributed by atoms with Crippen LogP contribution in [0, 0.1) is 6.92 Å². The van der Waals surface area contributed by atoms with Crippen LogP contribution in [-0.4, -0.2) is 22.6 Å². The average Bonchev–Trinajstić information content (AvgIpc) is 3.00. The lowest BCUT2D eigenvalue weighted by molar-refractivity contribution is -0.128. The molecule has 1 heterocycles. The first-order valence-electron chi connectivity index (χ1n) is 8.50. The molecule has 1 aliphatic carbocycles. The molecule has 2 aromatic rings. The van der Waals surface area contributed by atoms with Gasteiger partial charge in [-0.05, 0) is 25.3 Å². The number of carbonyl (C=O) groups is 1. The Balaban J connectivity index is 1.73. The summed E-state index contributed by atoms with van der Waals surface area (Å²) in [5, 5.41) is 6.64. The molecule has 1 amide bonds. The zero-order chi connectivity index (χ0) is 17.0. The molecule has 1 aromatic heterocycles. The second-order valence-electron chi connectivity index (χ2n) is 6.56. The second-order valence-corrected chi connectivity index (χ2v) is 6.56. The highest BCUT2D eigenvalue weighted by atomic mass is 16.5. The summed E-state index contributed by atoms with van der Waals surface area (Å²) < 4.78 is 4.47. The third-order valence-electron chi connectivity index (χ3n) is 4.84. The average molecular weight is 329 g/mol. The Morgan fingerprint density at radius 2 is 2.12 bits per heavy atom. The van der Waals surface area contributed by atoms with Crippen molar-refractivity contribution < 1.29 is 9.32 Å². The van der Waals surface area contributed by atoms with Crippen molar-refractivity contribution in [1.82, 2.24) is 15.5 Å². The third-order valence-corrected chi connectivity index (χ3v) is 4.84. The number of carbonyl (C=O) groups excluding carboxylic acids is 1. The van der Waals surface area contributed by atoms with Crippen molar-refractivity contribution in [1.29, 1.82) is 0 Å². The lowest BCUT2D eigenvalue weighted by atomic mass is 9.68. The van der Waals surface area contributed by atoms with E-state index in [2.05, 4.69) is 45.1 Å². The van der Waals surface area contributed by atoms with Crippen molar-refractivity contribution in [3.8, 4) is 0 Å². The summed E-state index contributed by atoms with van der Waals surface area (Å²) >= 11 is 0. The van der Waals surface area contributed by atoms with Crippen LogP contribution in [0.5, 0.6) is 0 Å². The monoisotopic (exact) mass is 329 g/mol. The van der Waals surface area contributed by atoms with Gasteiger partial charge >= 0.3 is 5.76 Å². The van der Waals surface area contributed by atoms with Gasteiger partial charge in [-0.3, -0.25) is 14.3 Å². The van der Waals surface area contributed by atoms with Gasteiger partial charge in [0.2, 0.25) is 5.91 Å². The third kappa shape index (κ3) is 3.42. The van der Waals surface area contributed by atoms with Crippen molar-refractivity contribution in [2.24, 2.45) is 0 Å². The Bertz CT molecular complexity index is 757. The fourth-order valence-electron chi connectivity index (χ4n) is 3.58. The minimum absolute atomic E-state index is 0.0682. The van der Waals surface area contributed by atoms with Gasteiger partial charge in [0.25, 0.3) is 0 Å². The van der Waals surface area contributed by atoms with E-state index >= 15 is 0 Å². The number of aromatic nitrogens is 2. The topological polar surface area (TPSA) is 88.0 Å². The first kappa shape index (κ1) is 16.5. The van der Waals surface area contributed by atoms with Crippen LogP contribution in [0.3, 0.4) is 0 Å². The number of hydrogen-bond donors (Lipinski definition) is 2. The van der Waals surface area contributed by atoms with Gasteiger partial charge in [0.05, 0.1) is 5.41 Å². The van der Waals surface area contributed by atoms with Crippen LogP contribution in [0.15, 0.2) is 33.6 Å². The summed E-state index contributed by atoms with van der Waals surface area (Å²) in [5.74, 6) is -0.0490. The van der Waals surface area contributed by atoms with Gasteiger partial charge in [-0.15, -0.1) is 0 Å². The summed E-state index contributed by atoms with van der Waals surface area (Å²) in [6.07, 6.45) is 5.52. The molecule has 6 nitrogen and oxygen atoms in total. The molecule has 0 spiro atoms. The maximum absolute atomic E-state index is 13.0. The van der Waals surface area contributed by atoms with E-state index in [1.807, 2.05) is 6.07 Å². The van der Waals surface area contributed by atoms with E-state index in [1.165, 1.54) is 12.0 Å². The highest BCUT2D eigenvalue weighted by Gasteiger charge is 2.40. The minimum atomic E-state index is -0.570. The number of rotatable bonds is 5. The smallest absolute Gasteiger partial charge is 0.355 e. The van der Waals surface area contributed by atoms with Crippen LogP contribution in [-0.2, 0) is 16.6 Å². The van der Waals surface area contributed by atoms with Crippen LogP contribution < -0.4 is 11.1 Å². The molecule has 0 unspecified atom stereocenters. The predicted octanol–water partition coefficient (Wildman–Crippen LogP) is 2.23. The summed E-state index contributed by atoms with van der Waals surface area (Å²) in [6.45, 7) is 2.48. The summed E-state index contributed by atoms with van der Waals surface area (Å²) in [4.78, 5) is 26.4. The normalized spacial score (nSPS) is 16.7. The van der Waals surface area contributed by atoms with Crippen LogP contribution in [0.4, 0.5) is 0 Å². The van der Waals surface area contributed by atoms with E-state index in [0.29, 0.717) is 18.8 Å². The van der Waals surface area contributed by atoms with Crippen molar-refractivity contribution >= 4 is 5.91 Å². The Morgan fingerprint density at radius 1 is 1.33 bits per heavy atom. The first-order valence-corrected chi connectivity index (χ1v) is 8.50. The number of hydrogen-bond acceptors (Lipinski definition) is 4. The first-order chi connectivity index (χ1) is 11.6. The molecular weight excluding hydrogens is 306 g/mol. The van der Waals surface area contributed by atoms with Gasteiger partial charge in [-0.25, -0.2) is 4.79 Å². The Labute approximate surface area is 140 Å². The van der Waals surface area contributed by atoms with E-state index in [4.69, 9.17) is 0 Å². The molecule has 0 bridgehead atoms. The molecular formula is C18H23N3O3. The van der Waals surface area contributed by atoms with Crippen molar-refractivity contribution in [2.45, 2.75) is 50.9 Å². The molecule has 3 rings (SSSR count). The molecule has 1 saturated carbocycles. The van der Waals surface area contributed by atoms with Gasteiger partial charge in [0.1, 0.15) is 0 Å². The fourth-order valence-corrected chi connectivity index (χ4v) is 3.58. The molecule has 0 radical (unpaired) electrons. The number of amides is 1. The van der Waals surface area contributed by atoms with E-state index in [1.54, 1.807) is 0 Å². The van der Waals surface area contributed by atoms with E-state index < -0.39 is 11.2 Å². The molecule has 0 aliphatic heterocycles. The predicted molar refractivity (Wildman–Crippen MR) is 89.8 cm³/mol. The van der Waals surface area contributed by atoms with E-state index in [-0.39, 0.29) is 5.91 Å². The number of benzene rings is 1. The van der Waals surface area contributed by atoms with Gasteiger partial charge in [0, 0.05) is 13.0 Å². The summed E-state index contributed by atoms with van der Waals surface area (Å²) in [7, 11) is 0. The number of aromatic amines is 1. The van der Waals surface area contributed by atoms with Crippen LogP contribution in [0.25, 0.3) is 0 Å². The number of aryl methyl sites for hydroxylation is 1. The minimum Gasteiger partial charge on any atom is -0.355 e. The number of nitrogens with one attached hydrogen (secondary N) is 2. The Kier molecular flexibility index (Phi) is 4.83. The lowest BCUT2D eigenvalue weighted by Gasteiger charge is -2.36. The van der Waals surface area contributed by atoms with E-state index in [0.717, 1.165) is 31.2 Å². The van der Waals surface area contributed by atoms with Gasteiger partial charge in [-0.1, -0.05) is 54.2 Å².